The molecule has 3 aromatic heterocycles. The van der Waals surface area contributed by atoms with Crippen LogP contribution in [0.3, 0.4) is 0 Å². The minimum Gasteiger partial charge on any atom is -0.337 e. The first kappa shape index (κ1) is 14.3. The minimum atomic E-state index is 0.0947. The molecule has 0 radical (unpaired) electrons. The molecular formula is C16H17N5OS. The second kappa shape index (κ2) is 5.73. The Labute approximate surface area is 137 Å². The van der Waals surface area contributed by atoms with Gasteiger partial charge in [-0.1, -0.05) is 0 Å². The number of rotatable bonds is 2. The second-order valence-corrected chi connectivity index (χ2v) is 6.76. The number of aromatic amines is 1. The quantitative estimate of drug-likeness (QED) is 0.785. The number of hydrogen-bond acceptors (Lipinski definition) is 5. The molecule has 1 amide bonds. The Hall–Kier alpha value is -2.28. The lowest BCUT2D eigenvalue weighted by Crippen LogP contribution is -2.39. The van der Waals surface area contributed by atoms with Crippen LogP contribution in [-0.2, 0) is 0 Å². The van der Waals surface area contributed by atoms with E-state index in [4.69, 9.17) is 0 Å². The van der Waals surface area contributed by atoms with Crippen molar-refractivity contribution in [1.82, 2.24) is 25.1 Å². The molecule has 1 N–H and O–H groups in total. The molecule has 1 atom stereocenters. The first-order chi connectivity index (χ1) is 11.2. The van der Waals surface area contributed by atoms with Gasteiger partial charge in [-0.05, 0) is 31.9 Å². The van der Waals surface area contributed by atoms with Gasteiger partial charge in [-0.15, -0.1) is 11.3 Å². The van der Waals surface area contributed by atoms with Crippen molar-refractivity contribution in [3.63, 3.8) is 0 Å². The van der Waals surface area contributed by atoms with Gasteiger partial charge < -0.3 is 4.90 Å². The van der Waals surface area contributed by atoms with E-state index in [0.717, 1.165) is 46.7 Å². The molecule has 0 bridgehead atoms. The smallest absolute Gasteiger partial charge is 0.265 e. The van der Waals surface area contributed by atoms with Crippen LogP contribution in [0.1, 0.15) is 39.8 Å². The average Bonchev–Trinajstić information content (AvgIpc) is 3.22. The average molecular weight is 327 g/mol. The Balaban J connectivity index is 1.56. The maximum Gasteiger partial charge on any atom is 0.265 e. The van der Waals surface area contributed by atoms with Crippen molar-refractivity contribution in [2.24, 2.45) is 0 Å². The van der Waals surface area contributed by atoms with Crippen molar-refractivity contribution in [1.29, 1.82) is 0 Å². The van der Waals surface area contributed by atoms with E-state index >= 15 is 0 Å². The van der Waals surface area contributed by atoms with Crippen LogP contribution < -0.4 is 0 Å². The lowest BCUT2D eigenvalue weighted by atomic mass is 9.94. The highest BCUT2D eigenvalue weighted by Gasteiger charge is 2.28. The molecule has 1 saturated heterocycles. The molecule has 1 aliphatic rings. The molecule has 0 spiro atoms. The van der Waals surface area contributed by atoms with Gasteiger partial charge in [-0.25, -0.2) is 9.97 Å². The number of thiazole rings is 1. The van der Waals surface area contributed by atoms with Crippen molar-refractivity contribution in [3.8, 4) is 0 Å². The van der Waals surface area contributed by atoms with Gasteiger partial charge in [0.15, 0.2) is 5.65 Å². The summed E-state index contributed by atoms with van der Waals surface area (Å²) < 4.78 is 0. The number of nitrogens with one attached hydrogen (secondary N) is 1. The lowest BCUT2D eigenvalue weighted by Gasteiger charge is -2.32. The summed E-state index contributed by atoms with van der Waals surface area (Å²) in [6.07, 6.45) is 3.82. The summed E-state index contributed by atoms with van der Waals surface area (Å²) in [6, 6.07) is 4.09. The maximum absolute atomic E-state index is 12.7. The fourth-order valence-electron chi connectivity index (χ4n) is 3.12. The number of amides is 1. The molecule has 4 rings (SSSR count). The van der Waals surface area contributed by atoms with E-state index in [1.54, 1.807) is 11.7 Å². The van der Waals surface area contributed by atoms with Crippen LogP contribution in [0.25, 0.3) is 11.0 Å². The normalized spacial score (nSPS) is 18.5. The number of pyridine rings is 1. The molecule has 23 heavy (non-hydrogen) atoms. The van der Waals surface area contributed by atoms with E-state index < -0.39 is 0 Å². The predicted molar refractivity (Wildman–Crippen MR) is 88.6 cm³/mol. The Kier molecular flexibility index (Phi) is 3.57. The summed E-state index contributed by atoms with van der Waals surface area (Å²) in [4.78, 5) is 24.2. The van der Waals surface area contributed by atoms with Crippen molar-refractivity contribution >= 4 is 28.3 Å². The molecule has 6 nitrogen and oxygen atoms in total. The number of fused-ring (bicyclic) bond motifs is 1. The number of nitrogens with zero attached hydrogens (tertiary/aromatic N) is 4. The highest BCUT2D eigenvalue weighted by molar-refractivity contribution is 7.11. The van der Waals surface area contributed by atoms with Gasteiger partial charge in [-0.2, -0.15) is 5.10 Å². The molecular weight excluding hydrogens is 310 g/mol. The second-order valence-electron chi connectivity index (χ2n) is 5.90. The van der Waals surface area contributed by atoms with Crippen molar-refractivity contribution in [3.05, 3.63) is 40.1 Å². The zero-order valence-corrected chi connectivity index (χ0v) is 13.6. The third kappa shape index (κ3) is 2.61. The molecule has 0 aromatic carbocycles. The lowest BCUT2D eigenvalue weighted by molar-refractivity contribution is 0.0710. The highest BCUT2D eigenvalue weighted by atomic mass is 32.1. The monoisotopic (exact) mass is 327 g/mol. The number of carbonyl (C=O) groups excluding carboxylic acids is 1. The van der Waals surface area contributed by atoms with Crippen LogP contribution in [0.5, 0.6) is 0 Å². The van der Waals surface area contributed by atoms with Crippen molar-refractivity contribution < 1.29 is 4.79 Å². The molecule has 4 heterocycles. The third-order valence-electron chi connectivity index (χ3n) is 4.39. The van der Waals surface area contributed by atoms with E-state index in [1.807, 2.05) is 17.9 Å². The fraction of sp³-hybridized carbons (Fsp3) is 0.375. The summed E-state index contributed by atoms with van der Waals surface area (Å²) >= 11 is 1.42. The predicted octanol–water partition coefficient (Wildman–Crippen LogP) is 2.74. The maximum atomic E-state index is 12.7. The molecule has 0 saturated carbocycles. The standard InChI is InChI=1S/C16H17N5OS/c1-10-14(23-9-17-10)16(22)21-6-2-3-12(8-21)13-5-4-11-7-18-20-15(11)19-13/h4-5,7,9,12H,2-3,6,8H2,1H3,(H,18,19,20). The number of hydrogen-bond donors (Lipinski definition) is 1. The van der Waals surface area contributed by atoms with Crippen LogP contribution in [0.4, 0.5) is 0 Å². The molecule has 7 heteroatoms. The SMILES string of the molecule is Cc1ncsc1C(=O)N1CCCC(c2ccc3cn[nH]c3n2)C1. The van der Waals surface area contributed by atoms with E-state index in [0.29, 0.717) is 6.54 Å². The largest absolute Gasteiger partial charge is 0.337 e. The summed E-state index contributed by atoms with van der Waals surface area (Å²) in [6.45, 7) is 3.40. The van der Waals surface area contributed by atoms with Gasteiger partial charge in [0.05, 0.1) is 17.4 Å². The van der Waals surface area contributed by atoms with Gasteiger partial charge in [-0.3, -0.25) is 9.89 Å². The molecule has 3 aromatic rings. The number of likely N-dealkylation sites (tertiary alicyclic amines) is 1. The van der Waals surface area contributed by atoms with Crippen molar-refractivity contribution in [2.75, 3.05) is 13.1 Å². The van der Waals surface area contributed by atoms with Gasteiger partial charge in [0.2, 0.25) is 0 Å². The number of H-pyrrole nitrogens is 1. The first-order valence-electron chi connectivity index (χ1n) is 7.72. The topological polar surface area (TPSA) is 74.8 Å². The Morgan fingerprint density at radius 1 is 1.43 bits per heavy atom. The molecule has 118 valence electrons. The minimum absolute atomic E-state index is 0.0947. The molecule has 1 fully saturated rings. The van der Waals surface area contributed by atoms with Gasteiger partial charge in [0.25, 0.3) is 5.91 Å². The van der Waals surface area contributed by atoms with Crippen LogP contribution >= 0.6 is 11.3 Å². The zero-order valence-electron chi connectivity index (χ0n) is 12.8. The Bertz CT molecular complexity index is 855. The van der Waals surface area contributed by atoms with Crippen LogP contribution in [0.15, 0.2) is 23.8 Å². The van der Waals surface area contributed by atoms with Gasteiger partial charge in [0, 0.05) is 30.1 Å². The van der Waals surface area contributed by atoms with Crippen molar-refractivity contribution in [2.45, 2.75) is 25.7 Å². The van der Waals surface area contributed by atoms with Gasteiger partial charge >= 0.3 is 0 Å². The first-order valence-corrected chi connectivity index (χ1v) is 8.60. The Morgan fingerprint density at radius 3 is 3.17 bits per heavy atom. The summed E-state index contributed by atoms with van der Waals surface area (Å²) in [5, 5.41) is 7.94. The highest BCUT2D eigenvalue weighted by Crippen LogP contribution is 2.28. The number of aromatic nitrogens is 4. The summed E-state index contributed by atoms with van der Waals surface area (Å²) in [7, 11) is 0. The fourth-order valence-corrected chi connectivity index (χ4v) is 3.89. The van der Waals surface area contributed by atoms with Crippen LogP contribution in [0, 0.1) is 6.92 Å². The number of carbonyl (C=O) groups is 1. The van der Waals surface area contributed by atoms with E-state index in [-0.39, 0.29) is 11.8 Å². The molecule has 1 aliphatic heterocycles. The van der Waals surface area contributed by atoms with Crippen LogP contribution in [-0.4, -0.2) is 44.1 Å². The summed E-state index contributed by atoms with van der Waals surface area (Å²) in [5.41, 5.74) is 4.39. The molecule has 0 aliphatic carbocycles. The zero-order chi connectivity index (χ0) is 15.8. The van der Waals surface area contributed by atoms with E-state index in [2.05, 4.69) is 26.2 Å². The van der Waals surface area contributed by atoms with E-state index in [1.165, 1.54) is 11.3 Å². The van der Waals surface area contributed by atoms with E-state index in [9.17, 15) is 4.79 Å². The summed E-state index contributed by atoms with van der Waals surface area (Å²) in [5.74, 6) is 0.367. The number of piperidine rings is 1. The molecule has 1 unspecified atom stereocenters. The Morgan fingerprint density at radius 2 is 2.35 bits per heavy atom. The van der Waals surface area contributed by atoms with Crippen LogP contribution in [0.2, 0.25) is 0 Å². The number of aryl methyl sites for hydroxylation is 1. The van der Waals surface area contributed by atoms with Gasteiger partial charge in [0.1, 0.15) is 4.88 Å². The third-order valence-corrected chi connectivity index (χ3v) is 5.31.